The first-order chi connectivity index (χ1) is 14.8. The fourth-order valence-corrected chi connectivity index (χ4v) is 4.15. The van der Waals surface area contributed by atoms with Crippen LogP contribution >= 0.6 is 0 Å². The van der Waals surface area contributed by atoms with E-state index in [0.717, 1.165) is 53.3 Å². The normalized spacial score (nSPS) is 16.3. The molecule has 0 spiro atoms. The zero-order valence-electron chi connectivity index (χ0n) is 16.2. The minimum absolute atomic E-state index is 0.139. The van der Waals surface area contributed by atoms with Crippen LogP contribution in [-0.4, -0.2) is 50.5 Å². The molecule has 0 unspecified atom stereocenters. The molecule has 0 saturated carbocycles. The van der Waals surface area contributed by atoms with Crippen LogP contribution in [0, 0.1) is 0 Å². The summed E-state index contributed by atoms with van der Waals surface area (Å²) in [5, 5.41) is 2.89. The van der Waals surface area contributed by atoms with Crippen LogP contribution in [0.3, 0.4) is 0 Å². The van der Waals surface area contributed by atoms with E-state index in [1.807, 2.05) is 36.4 Å². The van der Waals surface area contributed by atoms with E-state index in [2.05, 4.69) is 25.2 Å². The lowest BCUT2D eigenvalue weighted by molar-refractivity contribution is 0.0940. The molecule has 1 saturated heterocycles. The lowest BCUT2D eigenvalue weighted by atomic mass is 9.97. The van der Waals surface area contributed by atoms with Crippen molar-refractivity contribution in [3.63, 3.8) is 0 Å². The molecule has 5 heterocycles. The zero-order valence-corrected chi connectivity index (χ0v) is 16.2. The van der Waals surface area contributed by atoms with Crippen molar-refractivity contribution in [3.05, 3.63) is 65.9 Å². The average Bonchev–Trinajstić information content (AvgIpc) is 3.17. The number of amides is 1. The van der Waals surface area contributed by atoms with Gasteiger partial charge in [-0.2, -0.15) is 0 Å². The predicted molar refractivity (Wildman–Crippen MR) is 112 cm³/mol. The van der Waals surface area contributed by atoms with E-state index >= 15 is 0 Å². The number of nitrogens with zero attached hydrogens (tertiary/aromatic N) is 5. The van der Waals surface area contributed by atoms with Crippen LogP contribution in [0.25, 0.3) is 22.4 Å². The number of imidazole rings is 1. The van der Waals surface area contributed by atoms with Crippen LogP contribution in [0.4, 0.5) is 5.82 Å². The summed E-state index contributed by atoms with van der Waals surface area (Å²) in [4.78, 5) is 36.5. The lowest BCUT2D eigenvalue weighted by Crippen LogP contribution is -2.47. The first-order valence-corrected chi connectivity index (χ1v) is 10.1. The molecule has 1 aromatic carbocycles. The van der Waals surface area contributed by atoms with Gasteiger partial charge in [0.15, 0.2) is 5.82 Å². The molecule has 0 aliphatic carbocycles. The Hall–Kier alpha value is -3.81. The number of pyridine rings is 1. The number of rotatable bonds is 3. The number of nitrogens with one attached hydrogen (secondary N) is 2. The molecule has 4 aromatic rings. The summed E-state index contributed by atoms with van der Waals surface area (Å²) in [6.45, 7) is 2.21. The molecule has 3 aromatic heterocycles. The molecular formula is C22H19N7O. The molecular weight excluding hydrogens is 378 g/mol. The Kier molecular flexibility index (Phi) is 3.77. The molecule has 8 heteroatoms. The number of H-pyrrole nitrogens is 1. The first-order valence-electron chi connectivity index (χ1n) is 10.1. The molecule has 8 nitrogen and oxygen atoms in total. The van der Waals surface area contributed by atoms with E-state index in [1.54, 1.807) is 12.4 Å². The van der Waals surface area contributed by atoms with Crippen molar-refractivity contribution in [1.82, 2.24) is 30.2 Å². The van der Waals surface area contributed by atoms with Crippen LogP contribution in [0.1, 0.15) is 27.8 Å². The van der Waals surface area contributed by atoms with Crippen LogP contribution in [0.5, 0.6) is 0 Å². The van der Waals surface area contributed by atoms with E-state index in [-0.39, 0.29) is 5.91 Å². The monoisotopic (exact) mass is 397 g/mol. The molecule has 148 valence electrons. The van der Waals surface area contributed by atoms with Gasteiger partial charge in [-0.3, -0.25) is 9.78 Å². The van der Waals surface area contributed by atoms with E-state index < -0.39 is 0 Å². The highest BCUT2D eigenvalue weighted by Crippen LogP contribution is 2.35. The predicted octanol–water partition coefficient (Wildman–Crippen LogP) is 2.30. The Morgan fingerprint density at radius 3 is 2.77 bits per heavy atom. The third-order valence-electron chi connectivity index (χ3n) is 5.76. The molecule has 2 N–H and O–H groups in total. The molecule has 0 radical (unpaired) electrons. The zero-order chi connectivity index (χ0) is 20.1. The van der Waals surface area contributed by atoms with Crippen molar-refractivity contribution in [2.75, 3.05) is 24.5 Å². The number of hydrogen-bond acceptors (Lipinski definition) is 6. The van der Waals surface area contributed by atoms with Gasteiger partial charge in [-0.1, -0.05) is 12.1 Å². The van der Waals surface area contributed by atoms with Gasteiger partial charge in [0.2, 0.25) is 0 Å². The summed E-state index contributed by atoms with van der Waals surface area (Å²) in [5.74, 6) is 2.55. The summed E-state index contributed by atoms with van der Waals surface area (Å²) in [6, 6.07) is 11.8. The summed E-state index contributed by atoms with van der Waals surface area (Å²) >= 11 is 0. The SMILES string of the molecule is O=C1NCCc2c1nc(-c1cccnc1)nc2N1CC(c2nc3ccccc3[nH]2)C1. The summed E-state index contributed by atoms with van der Waals surface area (Å²) < 4.78 is 0. The largest absolute Gasteiger partial charge is 0.355 e. The molecule has 6 rings (SSSR count). The maximum absolute atomic E-state index is 12.5. The number of carbonyl (C=O) groups is 1. The molecule has 2 aliphatic heterocycles. The fourth-order valence-electron chi connectivity index (χ4n) is 4.15. The number of benzene rings is 1. The Morgan fingerprint density at radius 1 is 1.03 bits per heavy atom. The molecule has 2 aliphatic rings. The highest BCUT2D eigenvalue weighted by atomic mass is 16.1. The van der Waals surface area contributed by atoms with Crippen molar-refractivity contribution >= 4 is 22.8 Å². The first kappa shape index (κ1) is 17.1. The smallest absolute Gasteiger partial charge is 0.270 e. The Labute approximate surface area is 172 Å². The third-order valence-corrected chi connectivity index (χ3v) is 5.76. The fraction of sp³-hybridized carbons (Fsp3) is 0.227. The maximum Gasteiger partial charge on any atom is 0.270 e. The number of aromatic amines is 1. The lowest BCUT2D eigenvalue weighted by Gasteiger charge is -2.40. The van der Waals surface area contributed by atoms with Gasteiger partial charge in [-0.05, 0) is 30.7 Å². The minimum atomic E-state index is -0.139. The molecule has 1 amide bonds. The van der Waals surface area contributed by atoms with Crippen molar-refractivity contribution < 1.29 is 4.79 Å². The summed E-state index contributed by atoms with van der Waals surface area (Å²) in [7, 11) is 0. The number of aromatic nitrogens is 5. The Bertz CT molecular complexity index is 1230. The molecule has 0 bridgehead atoms. The number of fused-ring (bicyclic) bond motifs is 2. The maximum atomic E-state index is 12.5. The van der Waals surface area contributed by atoms with E-state index in [9.17, 15) is 4.79 Å². The van der Waals surface area contributed by atoms with Crippen molar-refractivity contribution in [3.8, 4) is 11.4 Å². The van der Waals surface area contributed by atoms with Gasteiger partial charge in [0.25, 0.3) is 5.91 Å². The van der Waals surface area contributed by atoms with Gasteiger partial charge in [0, 0.05) is 43.2 Å². The van der Waals surface area contributed by atoms with Gasteiger partial charge in [0.1, 0.15) is 17.3 Å². The van der Waals surface area contributed by atoms with E-state index in [4.69, 9.17) is 9.97 Å². The number of carbonyl (C=O) groups excluding carboxylic acids is 1. The standard InChI is InChI=1S/C22H19N7O/c30-22-18-15(7-9-24-22)21(28-19(27-18)13-4-3-8-23-10-13)29-11-14(12-29)20-25-16-5-1-2-6-17(16)26-20/h1-6,8,10,14H,7,9,11-12H2,(H,24,30)(H,25,26). The Balaban J connectivity index is 1.35. The Morgan fingerprint density at radius 2 is 1.93 bits per heavy atom. The van der Waals surface area contributed by atoms with Crippen molar-refractivity contribution in [2.45, 2.75) is 12.3 Å². The molecule has 30 heavy (non-hydrogen) atoms. The summed E-state index contributed by atoms with van der Waals surface area (Å²) in [6.07, 6.45) is 4.16. The van der Waals surface area contributed by atoms with Crippen LogP contribution in [0.2, 0.25) is 0 Å². The second-order valence-corrected chi connectivity index (χ2v) is 7.69. The second-order valence-electron chi connectivity index (χ2n) is 7.69. The van der Waals surface area contributed by atoms with Crippen molar-refractivity contribution in [1.29, 1.82) is 0 Å². The van der Waals surface area contributed by atoms with Gasteiger partial charge in [-0.15, -0.1) is 0 Å². The van der Waals surface area contributed by atoms with Gasteiger partial charge in [-0.25, -0.2) is 15.0 Å². The van der Waals surface area contributed by atoms with Crippen molar-refractivity contribution in [2.24, 2.45) is 0 Å². The third kappa shape index (κ3) is 2.72. The quantitative estimate of drug-likeness (QED) is 0.550. The van der Waals surface area contributed by atoms with Crippen LogP contribution in [0.15, 0.2) is 48.8 Å². The van der Waals surface area contributed by atoms with Gasteiger partial charge in [0.05, 0.1) is 17.0 Å². The molecule has 0 atom stereocenters. The highest BCUT2D eigenvalue weighted by molar-refractivity contribution is 5.96. The van der Waals surface area contributed by atoms with E-state index in [0.29, 0.717) is 24.0 Å². The topological polar surface area (TPSA) is 99.7 Å². The average molecular weight is 397 g/mol. The number of para-hydroxylation sites is 2. The van der Waals surface area contributed by atoms with Crippen LogP contribution in [-0.2, 0) is 6.42 Å². The number of hydrogen-bond donors (Lipinski definition) is 2. The van der Waals surface area contributed by atoms with E-state index in [1.165, 1.54) is 0 Å². The minimum Gasteiger partial charge on any atom is -0.355 e. The molecule has 1 fully saturated rings. The summed E-state index contributed by atoms with van der Waals surface area (Å²) in [5.41, 5.74) is 4.24. The van der Waals surface area contributed by atoms with Gasteiger partial charge < -0.3 is 15.2 Å². The number of anilines is 1. The van der Waals surface area contributed by atoms with Crippen LogP contribution < -0.4 is 10.2 Å². The highest BCUT2D eigenvalue weighted by Gasteiger charge is 2.35. The second kappa shape index (κ2) is 6.62. The van der Waals surface area contributed by atoms with Gasteiger partial charge >= 0.3 is 0 Å².